The largest absolute Gasteiger partial charge is 0.496 e. The minimum atomic E-state index is -0.391. The Morgan fingerprint density at radius 2 is 2.15 bits per heavy atom. The van der Waals surface area contributed by atoms with Crippen LogP contribution in [0.5, 0.6) is 5.75 Å². The Balaban J connectivity index is 1.79. The third-order valence-corrected chi connectivity index (χ3v) is 4.22. The zero-order valence-corrected chi connectivity index (χ0v) is 12.1. The number of hydrogen-bond donors (Lipinski definition) is 1. The summed E-state index contributed by atoms with van der Waals surface area (Å²) >= 11 is 0. The van der Waals surface area contributed by atoms with Crippen molar-refractivity contribution in [1.29, 1.82) is 0 Å². The first kappa shape index (κ1) is 13.9. The van der Waals surface area contributed by atoms with E-state index in [4.69, 9.17) is 9.47 Å². The van der Waals surface area contributed by atoms with Crippen LogP contribution in [0.4, 0.5) is 0 Å². The lowest BCUT2D eigenvalue weighted by Crippen LogP contribution is -2.32. The molecule has 0 aromatic heterocycles. The van der Waals surface area contributed by atoms with Crippen LogP contribution in [0.3, 0.4) is 0 Å². The van der Waals surface area contributed by atoms with Gasteiger partial charge in [0.2, 0.25) is 0 Å². The summed E-state index contributed by atoms with van der Waals surface area (Å²) in [7, 11) is 1.74. The van der Waals surface area contributed by atoms with Gasteiger partial charge in [-0.15, -0.1) is 0 Å². The SMILES string of the molecule is COc1cc2c(cc1CN1CCOCC(O)C1)CCC2. The Bertz CT molecular complexity index is 475. The number of rotatable bonds is 3. The molecule has 1 aliphatic heterocycles. The normalized spacial score (nSPS) is 23.4. The summed E-state index contributed by atoms with van der Waals surface area (Å²) in [5, 5.41) is 9.82. The lowest BCUT2D eigenvalue weighted by Gasteiger charge is -2.22. The predicted octanol–water partition coefficient (Wildman–Crippen LogP) is 1.38. The minimum Gasteiger partial charge on any atom is -0.496 e. The molecule has 1 aromatic rings. The molecule has 0 bridgehead atoms. The van der Waals surface area contributed by atoms with Crippen molar-refractivity contribution in [3.05, 3.63) is 28.8 Å². The molecule has 2 aliphatic rings. The molecular weight excluding hydrogens is 254 g/mol. The molecule has 1 aliphatic carbocycles. The standard InChI is InChI=1S/C16H23NO3/c1-19-16-8-13-4-2-3-12(13)7-14(16)9-17-5-6-20-11-15(18)10-17/h7-8,15,18H,2-6,9-11H2,1H3. The van der Waals surface area contributed by atoms with Gasteiger partial charge in [-0.2, -0.15) is 0 Å². The van der Waals surface area contributed by atoms with E-state index < -0.39 is 6.10 Å². The van der Waals surface area contributed by atoms with E-state index in [0.29, 0.717) is 19.8 Å². The second kappa shape index (κ2) is 6.12. The Labute approximate surface area is 120 Å². The number of hydrogen-bond acceptors (Lipinski definition) is 4. The zero-order valence-electron chi connectivity index (χ0n) is 12.1. The molecule has 0 spiro atoms. The van der Waals surface area contributed by atoms with Gasteiger partial charge in [0.15, 0.2) is 0 Å². The molecular formula is C16H23NO3. The van der Waals surface area contributed by atoms with Crippen LogP contribution in [0.15, 0.2) is 12.1 Å². The second-order valence-electron chi connectivity index (χ2n) is 5.75. The molecule has 1 N–H and O–H groups in total. The number of aliphatic hydroxyl groups is 1. The number of ether oxygens (including phenoxy) is 2. The van der Waals surface area contributed by atoms with Crippen molar-refractivity contribution in [2.45, 2.75) is 31.9 Å². The Morgan fingerprint density at radius 1 is 1.35 bits per heavy atom. The van der Waals surface area contributed by atoms with Crippen LogP contribution < -0.4 is 4.74 Å². The van der Waals surface area contributed by atoms with Crippen LogP contribution in [-0.4, -0.2) is 49.5 Å². The van der Waals surface area contributed by atoms with E-state index in [9.17, 15) is 5.11 Å². The Morgan fingerprint density at radius 3 is 2.95 bits per heavy atom. The summed E-state index contributed by atoms with van der Waals surface area (Å²) < 4.78 is 10.9. The van der Waals surface area contributed by atoms with Gasteiger partial charge in [0.25, 0.3) is 0 Å². The highest BCUT2D eigenvalue weighted by Gasteiger charge is 2.20. The van der Waals surface area contributed by atoms with Gasteiger partial charge in [-0.1, -0.05) is 6.07 Å². The molecule has 4 heteroatoms. The maximum Gasteiger partial charge on any atom is 0.123 e. The number of benzene rings is 1. The van der Waals surface area contributed by atoms with Gasteiger partial charge < -0.3 is 14.6 Å². The van der Waals surface area contributed by atoms with Crippen molar-refractivity contribution >= 4 is 0 Å². The van der Waals surface area contributed by atoms with Crippen LogP contribution >= 0.6 is 0 Å². The van der Waals surface area contributed by atoms with Crippen molar-refractivity contribution in [2.75, 3.05) is 33.4 Å². The Hall–Kier alpha value is -1.10. The van der Waals surface area contributed by atoms with Crippen molar-refractivity contribution in [3.8, 4) is 5.75 Å². The third kappa shape index (κ3) is 2.97. The van der Waals surface area contributed by atoms with Crippen LogP contribution in [-0.2, 0) is 24.1 Å². The molecule has 3 rings (SSSR count). The molecule has 0 saturated carbocycles. The molecule has 0 amide bonds. The number of nitrogens with zero attached hydrogens (tertiary/aromatic N) is 1. The van der Waals surface area contributed by atoms with Crippen LogP contribution in [0.2, 0.25) is 0 Å². The number of methoxy groups -OCH3 is 1. The molecule has 1 heterocycles. The van der Waals surface area contributed by atoms with Gasteiger partial charge in [-0.25, -0.2) is 0 Å². The summed E-state index contributed by atoms with van der Waals surface area (Å²) in [4.78, 5) is 2.25. The fourth-order valence-electron chi connectivity index (χ4n) is 3.21. The van der Waals surface area contributed by atoms with Gasteiger partial charge in [-0.3, -0.25) is 4.90 Å². The highest BCUT2D eigenvalue weighted by molar-refractivity contribution is 5.44. The molecule has 20 heavy (non-hydrogen) atoms. The maximum atomic E-state index is 9.82. The molecule has 1 fully saturated rings. The quantitative estimate of drug-likeness (QED) is 0.906. The first-order chi connectivity index (χ1) is 9.76. The maximum absolute atomic E-state index is 9.82. The monoisotopic (exact) mass is 277 g/mol. The third-order valence-electron chi connectivity index (χ3n) is 4.22. The van der Waals surface area contributed by atoms with Gasteiger partial charge in [0, 0.05) is 25.2 Å². The van der Waals surface area contributed by atoms with E-state index in [0.717, 1.165) is 18.8 Å². The summed E-state index contributed by atoms with van der Waals surface area (Å²) in [6, 6.07) is 4.49. The van der Waals surface area contributed by atoms with Crippen molar-refractivity contribution in [2.24, 2.45) is 0 Å². The van der Waals surface area contributed by atoms with Crippen molar-refractivity contribution in [1.82, 2.24) is 4.90 Å². The number of aryl methyl sites for hydroxylation is 2. The molecule has 1 atom stereocenters. The minimum absolute atomic E-state index is 0.391. The first-order valence-electron chi connectivity index (χ1n) is 7.43. The average molecular weight is 277 g/mol. The summed E-state index contributed by atoms with van der Waals surface area (Å²) in [6.07, 6.45) is 3.20. The predicted molar refractivity (Wildman–Crippen MR) is 77.1 cm³/mol. The first-order valence-corrected chi connectivity index (χ1v) is 7.43. The molecule has 1 saturated heterocycles. The van der Waals surface area contributed by atoms with Crippen LogP contribution in [0.25, 0.3) is 0 Å². The summed E-state index contributed by atoms with van der Waals surface area (Å²) in [6.45, 7) is 3.47. The van der Waals surface area contributed by atoms with E-state index in [1.54, 1.807) is 7.11 Å². The smallest absolute Gasteiger partial charge is 0.123 e. The fourth-order valence-corrected chi connectivity index (χ4v) is 3.21. The number of fused-ring (bicyclic) bond motifs is 1. The van der Waals surface area contributed by atoms with Gasteiger partial charge in [0.1, 0.15) is 5.75 Å². The fraction of sp³-hybridized carbons (Fsp3) is 0.625. The van der Waals surface area contributed by atoms with Crippen LogP contribution in [0.1, 0.15) is 23.1 Å². The van der Waals surface area contributed by atoms with Gasteiger partial charge in [-0.05, 0) is 36.5 Å². The van der Waals surface area contributed by atoms with Crippen LogP contribution in [0, 0.1) is 0 Å². The molecule has 4 nitrogen and oxygen atoms in total. The van der Waals surface area contributed by atoms with Gasteiger partial charge >= 0.3 is 0 Å². The van der Waals surface area contributed by atoms with E-state index in [-0.39, 0.29) is 0 Å². The van der Waals surface area contributed by atoms with Gasteiger partial charge in [0.05, 0.1) is 26.4 Å². The molecule has 0 radical (unpaired) electrons. The highest BCUT2D eigenvalue weighted by Crippen LogP contribution is 2.30. The molecule has 1 unspecified atom stereocenters. The second-order valence-corrected chi connectivity index (χ2v) is 5.75. The summed E-state index contributed by atoms with van der Waals surface area (Å²) in [5.41, 5.74) is 4.12. The van der Waals surface area contributed by atoms with E-state index in [1.807, 2.05) is 0 Å². The average Bonchev–Trinajstić information content (AvgIpc) is 2.79. The number of aliphatic hydroxyl groups excluding tert-OH is 1. The summed E-state index contributed by atoms with van der Waals surface area (Å²) in [5.74, 6) is 0.977. The lowest BCUT2D eigenvalue weighted by molar-refractivity contribution is 0.0562. The topological polar surface area (TPSA) is 41.9 Å². The lowest BCUT2D eigenvalue weighted by atomic mass is 10.0. The Kier molecular flexibility index (Phi) is 4.24. The van der Waals surface area contributed by atoms with E-state index >= 15 is 0 Å². The zero-order chi connectivity index (χ0) is 13.9. The van der Waals surface area contributed by atoms with E-state index in [2.05, 4.69) is 17.0 Å². The number of β-amino-alcohol motifs (C(OH)–C–C–N with tert-alkyl or cyclic N) is 1. The molecule has 1 aromatic carbocycles. The molecule has 110 valence electrons. The highest BCUT2D eigenvalue weighted by atomic mass is 16.5. The van der Waals surface area contributed by atoms with Crippen molar-refractivity contribution < 1.29 is 14.6 Å². The van der Waals surface area contributed by atoms with Crippen molar-refractivity contribution in [3.63, 3.8) is 0 Å². The van der Waals surface area contributed by atoms with E-state index in [1.165, 1.54) is 36.0 Å².